The average Bonchev–Trinajstić information content (AvgIpc) is 3.32. The van der Waals surface area contributed by atoms with E-state index in [0.29, 0.717) is 27.5 Å². The van der Waals surface area contributed by atoms with Crippen molar-refractivity contribution in [2.45, 2.75) is 6.92 Å². The van der Waals surface area contributed by atoms with Crippen LogP contribution in [-0.4, -0.2) is 23.2 Å². The minimum absolute atomic E-state index is 0.170. The second kappa shape index (κ2) is 9.29. The van der Waals surface area contributed by atoms with Gasteiger partial charge in [-0.15, -0.1) is 10.2 Å². The number of benzene rings is 3. The highest BCUT2D eigenvalue weighted by Crippen LogP contribution is 2.28. The van der Waals surface area contributed by atoms with E-state index in [1.165, 1.54) is 11.3 Å². The summed E-state index contributed by atoms with van der Waals surface area (Å²) in [6.45, 7) is 2.02. The molecule has 0 aliphatic carbocycles. The Hall–Kier alpha value is -4.30. The van der Waals surface area contributed by atoms with Gasteiger partial charge in [0.1, 0.15) is 10.6 Å². The van der Waals surface area contributed by atoms with Gasteiger partial charge < -0.3 is 9.15 Å². The number of aryl methyl sites for hydroxylation is 1. The number of anilines is 1. The first-order valence-electron chi connectivity index (χ1n) is 10.5. The van der Waals surface area contributed by atoms with Crippen molar-refractivity contribution in [3.8, 4) is 16.3 Å². The maximum atomic E-state index is 13.3. The van der Waals surface area contributed by atoms with Gasteiger partial charge in [0.25, 0.3) is 5.91 Å². The van der Waals surface area contributed by atoms with Crippen LogP contribution in [0, 0.1) is 6.92 Å². The monoisotopic (exact) mass is 468 g/mol. The van der Waals surface area contributed by atoms with E-state index in [4.69, 9.17) is 9.15 Å². The largest absolute Gasteiger partial charge is 0.493 e. The smallest absolute Gasteiger partial charge is 0.263 e. The van der Waals surface area contributed by atoms with Gasteiger partial charge in [0.2, 0.25) is 10.7 Å². The van der Waals surface area contributed by atoms with Crippen LogP contribution in [0.3, 0.4) is 0 Å². The van der Waals surface area contributed by atoms with E-state index in [2.05, 4.69) is 20.5 Å². The number of fused-ring (bicyclic) bond motifs is 1. The van der Waals surface area contributed by atoms with Crippen molar-refractivity contribution in [3.63, 3.8) is 0 Å². The Kier molecular flexibility index (Phi) is 5.88. The summed E-state index contributed by atoms with van der Waals surface area (Å²) < 4.78 is 11.5. The first kappa shape index (κ1) is 21.5. The lowest BCUT2D eigenvalue weighted by Crippen LogP contribution is -2.21. The molecule has 0 spiro atoms. The van der Waals surface area contributed by atoms with Crippen LogP contribution in [0.4, 0.5) is 10.8 Å². The van der Waals surface area contributed by atoms with Crippen molar-refractivity contribution < 1.29 is 13.9 Å². The number of ether oxygens (including phenoxy) is 1. The van der Waals surface area contributed by atoms with E-state index in [9.17, 15) is 4.79 Å². The van der Waals surface area contributed by atoms with Crippen LogP contribution >= 0.6 is 11.3 Å². The van der Waals surface area contributed by atoms with Gasteiger partial charge in [0.05, 0.1) is 12.8 Å². The lowest BCUT2D eigenvalue weighted by atomic mass is 10.1. The summed E-state index contributed by atoms with van der Waals surface area (Å²) in [7, 11) is 1.57. The summed E-state index contributed by atoms with van der Waals surface area (Å²) >= 11 is 1.30. The zero-order chi connectivity index (χ0) is 23.5. The summed E-state index contributed by atoms with van der Waals surface area (Å²) in [4.78, 5) is 17.9. The highest BCUT2D eigenvalue weighted by atomic mass is 32.1. The normalized spacial score (nSPS) is 11.5. The number of para-hydroxylation sites is 2. The third kappa shape index (κ3) is 4.44. The Labute approximate surface area is 199 Å². The lowest BCUT2D eigenvalue weighted by molar-refractivity contribution is 0.102. The third-order valence-corrected chi connectivity index (χ3v) is 5.99. The molecule has 0 unspecified atom stereocenters. The number of amides is 1. The second-order valence-electron chi connectivity index (χ2n) is 7.53. The number of carbonyl (C=O) groups excluding carboxylic acids is 1. The summed E-state index contributed by atoms with van der Waals surface area (Å²) in [6.07, 6.45) is 0. The zero-order valence-corrected chi connectivity index (χ0v) is 19.3. The van der Waals surface area contributed by atoms with Gasteiger partial charge in [-0.25, -0.2) is 4.99 Å². The maximum absolute atomic E-state index is 13.3. The number of hydrogen-bond donors (Lipinski definition) is 1. The Morgan fingerprint density at radius 2 is 1.82 bits per heavy atom. The molecule has 1 N–H and O–H groups in total. The fourth-order valence-electron chi connectivity index (χ4n) is 3.48. The van der Waals surface area contributed by atoms with Gasteiger partial charge in [-0.1, -0.05) is 65.4 Å². The molecule has 0 aliphatic rings. The van der Waals surface area contributed by atoms with Crippen molar-refractivity contribution in [3.05, 3.63) is 95.5 Å². The molecule has 3 aromatic carbocycles. The van der Waals surface area contributed by atoms with Crippen LogP contribution < -0.4 is 15.6 Å². The molecule has 0 fully saturated rings. The first-order chi connectivity index (χ1) is 16.6. The molecule has 2 aromatic heterocycles. The van der Waals surface area contributed by atoms with E-state index < -0.39 is 5.91 Å². The van der Waals surface area contributed by atoms with Crippen molar-refractivity contribution in [1.29, 1.82) is 0 Å². The highest BCUT2D eigenvalue weighted by Gasteiger charge is 2.17. The molecule has 0 saturated carbocycles. The molecule has 0 atom stereocenters. The number of carbonyl (C=O) groups is 1. The van der Waals surface area contributed by atoms with Gasteiger partial charge in [0, 0.05) is 10.9 Å². The number of hydrogen-bond acceptors (Lipinski definition) is 7. The fraction of sp³-hybridized carbons (Fsp3) is 0.0769. The predicted molar refractivity (Wildman–Crippen MR) is 132 cm³/mol. The molecular formula is C26H20N4O3S. The summed E-state index contributed by atoms with van der Waals surface area (Å²) in [6, 6.07) is 24.5. The van der Waals surface area contributed by atoms with E-state index in [1.807, 2.05) is 73.7 Å². The van der Waals surface area contributed by atoms with Crippen LogP contribution in [0.2, 0.25) is 0 Å². The molecule has 2 heterocycles. The number of aromatic nitrogens is 2. The van der Waals surface area contributed by atoms with Crippen molar-refractivity contribution in [1.82, 2.24) is 10.2 Å². The number of nitrogens with one attached hydrogen (secondary N) is 1. The van der Waals surface area contributed by atoms with E-state index in [-0.39, 0.29) is 11.1 Å². The van der Waals surface area contributed by atoms with E-state index >= 15 is 0 Å². The Bertz CT molecular complexity index is 1560. The zero-order valence-electron chi connectivity index (χ0n) is 18.5. The molecule has 168 valence electrons. The van der Waals surface area contributed by atoms with Gasteiger partial charge in [-0.3, -0.25) is 10.1 Å². The lowest BCUT2D eigenvalue weighted by Gasteiger charge is -2.07. The number of rotatable bonds is 5. The molecule has 0 aliphatic heterocycles. The van der Waals surface area contributed by atoms with Crippen molar-refractivity contribution in [2.24, 2.45) is 4.99 Å². The molecule has 5 aromatic rings. The first-order valence-corrected chi connectivity index (χ1v) is 11.3. The minimum Gasteiger partial charge on any atom is -0.493 e. The van der Waals surface area contributed by atoms with Gasteiger partial charge in [0.15, 0.2) is 11.3 Å². The second-order valence-corrected chi connectivity index (χ2v) is 8.50. The Morgan fingerprint density at radius 1 is 1.00 bits per heavy atom. The van der Waals surface area contributed by atoms with Crippen LogP contribution in [0.25, 0.3) is 21.5 Å². The van der Waals surface area contributed by atoms with E-state index in [1.54, 1.807) is 19.2 Å². The van der Waals surface area contributed by atoms with Crippen LogP contribution in [-0.2, 0) is 0 Å². The Balaban J connectivity index is 1.55. The van der Waals surface area contributed by atoms with Crippen molar-refractivity contribution >= 4 is 39.0 Å². The number of methoxy groups -OCH3 is 1. The third-order valence-electron chi connectivity index (χ3n) is 5.10. The molecule has 5 rings (SSSR count). The highest BCUT2D eigenvalue weighted by molar-refractivity contribution is 7.18. The molecule has 8 heteroatoms. The summed E-state index contributed by atoms with van der Waals surface area (Å²) in [5.74, 6) is 0.163. The van der Waals surface area contributed by atoms with Gasteiger partial charge >= 0.3 is 0 Å². The van der Waals surface area contributed by atoms with Crippen LogP contribution in [0.15, 0.2) is 88.3 Å². The molecular weight excluding hydrogens is 448 g/mol. The Morgan fingerprint density at radius 3 is 2.62 bits per heavy atom. The topological polar surface area (TPSA) is 89.6 Å². The molecule has 34 heavy (non-hydrogen) atoms. The minimum atomic E-state index is -0.393. The standard InChI is InChI=1S/C26H20N4O3S/c1-16-8-6-10-18(14-16)25-29-30-26(34-25)28-23(31)20-15-17-9-7-13-21(32-2)22(17)33-24(20)27-19-11-4-3-5-12-19/h3-15H,1-2H3,(H,28,30,31). The predicted octanol–water partition coefficient (Wildman–Crippen LogP) is 5.75. The fourth-order valence-corrected chi connectivity index (χ4v) is 4.22. The average molecular weight is 469 g/mol. The molecule has 0 bridgehead atoms. The van der Waals surface area contributed by atoms with Crippen LogP contribution in [0.5, 0.6) is 5.75 Å². The molecule has 1 amide bonds. The van der Waals surface area contributed by atoms with E-state index in [0.717, 1.165) is 16.1 Å². The molecule has 0 radical (unpaired) electrons. The quantitative estimate of drug-likeness (QED) is 0.355. The van der Waals surface area contributed by atoms with Crippen LogP contribution in [0.1, 0.15) is 15.9 Å². The molecule has 0 saturated heterocycles. The SMILES string of the molecule is COc1cccc2cc(C(=O)Nc3nnc(-c4cccc(C)c4)s3)c(=Nc3ccccc3)oc12. The number of nitrogens with zero attached hydrogens (tertiary/aromatic N) is 3. The van der Waals surface area contributed by atoms with Gasteiger partial charge in [-0.2, -0.15) is 0 Å². The summed E-state index contributed by atoms with van der Waals surface area (Å²) in [5.41, 5.74) is 3.69. The summed E-state index contributed by atoms with van der Waals surface area (Å²) in [5, 5.41) is 13.0. The molecule has 7 nitrogen and oxygen atoms in total. The maximum Gasteiger partial charge on any atom is 0.263 e. The van der Waals surface area contributed by atoms with Gasteiger partial charge in [-0.05, 0) is 37.3 Å². The van der Waals surface area contributed by atoms with Crippen molar-refractivity contribution in [2.75, 3.05) is 12.4 Å².